The lowest BCUT2D eigenvalue weighted by atomic mass is 9.72. The Kier molecular flexibility index (Phi) is 4.12. The van der Waals surface area contributed by atoms with E-state index < -0.39 is 5.97 Å². The maximum Gasteiger partial charge on any atom is 0.306 e. The molecule has 1 aromatic rings. The van der Waals surface area contributed by atoms with E-state index in [9.17, 15) is 9.90 Å². The van der Waals surface area contributed by atoms with Crippen molar-refractivity contribution < 1.29 is 14.6 Å². The van der Waals surface area contributed by atoms with Crippen molar-refractivity contribution in [3.8, 4) is 5.75 Å². The molecule has 1 aliphatic carbocycles. The van der Waals surface area contributed by atoms with Gasteiger partial charge in [-0.2, -0.15) is 0 Å². The van der Waals surface area contributed by atoms with Crippen LogP contribution in [-0.4, -0.2) is 17.7 Å². The van der Waals surface area contributed by atoms with Gasteiger partial charge in [-0.15, -0.1) is 0 Å². The highest BCUT2D eigenvalue weighted by atomic mass is 35.5. The van der Waals surface area contributed by atoms with Crippen LogP contribution in [0, 0.1) is 17.8 Å². The van der Waals surface area contributed by atoms with Crippen LogP contribution in [0.4, 0.5) is 0 Å². The average Bonchev–Trinajstić information content (AvgIpc) is 2.86. The molecular formula is C17H21ClO3. The molecule has 0 saturated heterocycles. The molecule has 0 bridgehead atoms. The van der Waals surface area contributed by atoms with Gasteiger partial charge in [0.2, 0.25) is 0 Å². The Balaban J connectivity index is 1.86. The molecule has 1 aromatic carbocycles. The van der Waals surface area contributed by atoms with Crippen molar-refractivity contribution in [1.82, 2.24) is 0 Å². The molecule has 1 aliphatic heterocycles. The molecule has 0 radical (unpaired) electrons. The third-order valence-electron chi connectivity index (χ3n) is 4.87. The molecule has 1 N–H and O–H groups in total. The predicted molar refractivity (Wildman–Crippen MR) is 82.0 cm³/mol. The van der Waals surface area contributed by atoms with Crippen LogP contribution in [0.2, 0.25) is 5.02 Å². The van der Waals surface area contributed by atoms with Crippen molar-refractivity contribution in [3.05, 3.63) is 28.3 Å². The summed E-state index contributed by atoms with van der Waals surface area (Å²) in [5, 5.41) is 10.2. The Morgan fingerprint density at radius 2 is 2.24 bits per heavy atom. The summed E-state index contributed by atoms with van der Waals surface area (Å²) >= 11 is 6.20. The number of aliphatic carboxylic acids is 1. The number of ether oxygens (including phenoxy) is 1. The predicted octanol–water partition coefficient (Wildman–Crippen LogP) is 3.95. The zero-order valence-corrected chi connectivity index (χ0v) is 13.0. The van der Waals surface area contributed by atoms with E-state index in [0.29, 0.717) is 12.5 Å². The number of carbonyl (C=O) groups is 1. The van der Waals surface area contributed by atoms with Crippen LogP contribution in [0.15, 0.2) is 12.1 Å². The van der Waals surface area contributed by atoms with Gasteiger partial charge in [0.05, 0.1) is 12.5 Å². The fourth-order valence-corrected chi connectivity index (χ4v) is 4.09. The molecule has 1 saturated carbocycles. The minimum absolute atomic E-state index is 0.179. The molecule has 1 heterocycles. The molecule has 4 heteroatoms. The van der Waals surface area contributed by atoms with Gasteiger partial charge in [0, 0.05) is 11.4 Å². The van der Waals surface area contributed by atoms with Crippen LogP contribution in [0.3, 0.4) is 0 Å². The van der Waals surface area contributed by atoms with Crippen LogP contribution < -0.4 is 4.74 Å². The number of hydrogen-bond donors (Lipinski definition) is 1. The van der Waals surface area contributed by atoms with E-state index in [-0.39, 0.29) is 11.8 Å². The van der Waals surface area contributed by atoms with Gasteiger partial charge < -0.3 is 9.84 Å². The topological polar surface area (TPSA) is 46.5 Å². The fraction of sp³-hybridized carbons (Fsp3) is 0.588. The van der Waals surface area contributed by atoms with Crippen LogP contribution in [0.5, 0.6) is 5.75 Å². The van der Waals surface area contributed by atoms with Crippen molar-refractivity contribution in [2.24, 2.45) is 17.8 Å². The van der Waals surface area contributed by atoms with Gasteiger partial charge in [0.15, 0.2) is 0 Å². The number of hydrogen-bond acceptors (Lipinski definition) is 2. The Hall–Kier alpha value is -1.22. The maximum absolute atomic E-state index is 11.5. The Bertz CT molecular complexity index is 555. The molecule has 114 valence electrons. The lowest BCUT2D eigenvalue weighted by Gasteiger charge is -2.32. The maximum atomic E-state index is 11.5. The largest absolute Gasteiger partial charge is 0.493 e. The van der Waals surface area contributed by atoms with Crippen LogP contribution in [-0.2, 0) is 17.6 Å². The molecule has 3 rings (SSSR count). The van der Waals surface area contributed by atoms with Crippen LogP contribution in [0.25, 0.3) is 0 Å². The van der Waals surface area contributed by atoms with Crippen molar-refractivity contribution >= 4 is 17.6 Å². The Labute approximate surface area is 130 Å². The Morgan fingerprint density at radius 3 is 3.00 bits per heavy atom. The van der Waals surface area contributed by atoms with E-state index in [2.05, 4.69) is 6.92 Å². The Morgan fingerprint density at radius 1 is 1.43 bits per heavy atom. The summed E-state index contributed by atoms with van der Waals surface area (Å²) in [5.74, 6) is 0.822. The summed E-state index contributed by atoms with van der Waals surface area (Å²) < 4.78 is 5.74. The first kappa shape index (κ1) is 14.7. The summed E-state index contributed by atoms with van der Waals surface area (Å²) in [7, 11) is 0. The van der Waals surface area contributed by atoms with Gasteiger partial charge in [0.1, 0.15) is 5.75 Å². The zero-order valence-electron chi connectivity index (χ0n) is 12.3. The molecule has 0 aromatic heterocycles. The molecule has 3 unspecified atom stereocenters. The van der Waals surface area contributed by atoms with Gasteiger partial charge in [-0.3, -0.25) is 4.79 Å². The minimum Gasteiger partial charge on any atom is -0.493 e. The number of carboxylic acid groups (broad SMARTS) is 1. The van der Waals surface area contributed by atoms with E-state index >= 15 is 0 Å². The minimum atomic E-state index is -0.661. The molecule has 21 heavy (non-hydrogen) atoms. The zero-order chi connectivity index (χ0) is 15.0. The monoisotopic (exact) mass is 308 g/mol. The smallest absolute Gasteiger partial charge is 0.306 e. The second-order valence-corrected chi connectivity index (χ2v) is 6.92. The molecule has 0 amide bonds. The third kappa shape index (κ3) is 3.03. The molecular weight excluding hydrogens is 288 g/mol. The number of halogens is 1. The van der Waals surface area contributed by atoms with Gasteiger partial charge in [0.25, 0.3) is 0 Å². The second-order valence-electron chi connectivity index (χ2n) is 6.48. The van der Waals surface area contributed by atoms with Crippen molar-refractivity contribution in [3.63, 3.8) is 0 Å². The third-order valence-corrected chi connectivity index (χ3v) is 5.09. The normalized spacial score (nSPS) is 28.0. The highest BCUT2D eigenvalue weighted by Crippen LogP contribution is 2.40. The number of benzene rings is 1. The molecule has 3 atom stereocenters. The number of carboxylic acids is 1. The van der Waals surface area contributed by atoms with E-state index in [1.165, 1.54) is 0 Å². The van der Waals surface area contributed by atoms with Gasteiger partial charge in [-0.05, 0) is 60.8 Å². The van der Waals surface area contributed by atoms with Crippen LogP contribution in [0.1, 0.15) is 37.3 Å². The SMILES string of the molecule is CC1CCC(C(=O)O)C(Cc2cc(Cl)cc3c2OCC3)C1. The highest BCUT2D eigenvalue weighted by Gasteiger charge is 2.34. The van der Waals surface area contributed by atoms with Gasteiger partial charge in [-0.1, -0.05) is 18.5 Å². The fourth-order valence-electron chi connectivity index (χ4n) is 3.83. The summed E-state index contributed by atoms with van der Waals surface area (Å²) in [6, 6.07) is 3.91. The molecule has 2 aliphatic rings. The number of rotatable bonds is 3. The lowest BCUT2D eigenvalue weighted by molar-refractivity contribution is -0.145. The van der Waals surface area contributed by atoms with Crippen molar-refractivity contribution in [2.75, 3.05) is 6.61 Å². The van der Waals surface area contributed by atoms with Crippen LogP contribution >= 0.6 is 11.6 Å². The van der Waals surface area contributed by atoms with Crippen molar-refractivity contribution in [2.45, 2.75) is 39.0 Å². The summed E-state index contributed by atoms with van der Waals surface area (Å²) in [4.78, 5) is 11.5. The van der Waals surface area contributed by atoms with E-state index in [1.807, 2.05) is 12.1 Å². The summed E-state index contributed by atoms with van der Waals surface area (Å²) in [6.07, 6.45) is 4.41. The number of fused-ring (bicyclic) bond motifs is 1. The molecule has 3 nitrogen and oxygen atoms in total. The average molecular weight is 309 g/mol. The van der Waals surface area contributed by atoms with E-state index in [4.69, 9.17) is 16.3 Å². The lowest BCUT2D eigenvalue weighted by Crippen LogP contribution is -2.31. The van der Waals surface area contributed by atoms with Gasteiger partial charge >= 0.3 is 5.97 Å². The highest BCUT2D eigenvalue weighted by molar-refractivity contribution is 6.30. The first-order valence-electron chi connectivity index (χ1n) is 7.71. The second kappa shape index (κ2) is 5.88. The van der Waals surface area contributed by atoms with E-state index in [1.54, 1.807) is 0 Å². The first-order valence-corrected chi connectivity index (χ1v) is 8.09. The quantitative estimate of drug-likeness (QED) is 0.919. The van der Waals surface area contributed by atoms with Crippen molar-refractivity contribution in [1.29, 1.82) is 0 Å². The standard InChI is InChI=1S/C17H21ClO3/c1-10-2-3-15(17(19)20)12(6-10)7-13-9-14(18)8-11-4-5-21-16(11)13/h8-10,12,15H,2-7H2,1H3,(H,19,20). The molecule has 1 fully saturated rings. The first-order chi connectivity index (χ1) is 10.0. The summed E-state index contributed by atoms with van der Waals surface area (Å²) in [5.41, 5.74) is 2.24. The summed E-state index contributed by atoms with van der Waals surface area (Å²) in [6.45, 7) is 2.91. The van der Waals surface area contributed by atoms with Gasteiger partial charge in [-0.25, -0.2) is 0 Å². The van der Waals surface area contributed by atoms with E-state index in [0.717, 1.165) is 54.0 Å². The molecule has 0 spiro atoms.